The van der Waals surface area contributed by atoms with Crippen LogP contribution in [0.15, 0.2) is 0 Å². The fourth-order valence-corrected chi connectivity index (χ4v) is 4.26. The molecule has 0 bridgehead atoms. The Balaban J connectivity index is 2.44. The van der Waals surface area contributed by atoms with Gasteiger partial charge in [-0.1, -0.05) is 27.2 Å². The lowest BCUT2D eigenvalue weighted by Crippen LogP contribution is -2.37. The topological polar surface area (TPSA) is 72.2 Å². The Labute approximate surface area is 105 Å². The molecule has 1 saturated carbocycles. The van der Waals surface area contributed by atoms with Crippen LogP contribution in [0.5, 0.6) is 0 Å². The molecule has 1 aliphatic rings. The van der Waals surface area contributed by atoms with E-state index < -0.39 is 10.0 Å². The Kier molecular flexibility index (Phi) is 4.98. The van der Waals surface area contributed by atoms with Crippen LogP contribution in [0.25, 0.3) is 0 Å². The van der Waals surface area contributed by atoms with Crippen molar-refractivity contribution in [3.8, 4) is 0 Å². The van der Waals surface area contributed by atoms with Gasteiger partial charge in [-0.05, 0) is 36.6 Å². The SMILES string of the molecule is CC(C)(C)CS(=O)(=O)NCC1CCCC1CN. The average Bonchev–Trinajstić information content (AvgIpc) is 2.58. The number of hydrogen-bond donors (Lipinski definition) is 2. The van der Waals surface area contributed by atoms with Crippen molar-refractivity contribution in [2.45, 2.75) is 40.0 Å². The van der Waals surface area contributed by atoms with Gasteiger partial charge in [0, 0.05) is 6.54 Å². The summed E-state index contributed by atoms with van der Waals surface area (Å²) in [5, 5.41) is 0. The van der Waals surface area contributed by atoms with E-state index in [-0.39, 0.29) is 11.2 Å². The van der Waals surface area contributed by atoms with E-state index in [4.69, 9.17) is 5.73 Å². The first-order valence-electron chi connectivity index (χ1n) is 6.41. The maximum Gasteiger partial charge on any atom is 0.212 e. The zero-order chi connectivity index (χ0) is 13.1. The molecule has 17 heavy (non-hydrogen) atoms. The van der Waals surface area contributed by atoms with E-state index >= 15 is 0 Å². The Bertz CT molecular complexity index is 333. The zero-order valence-corrected chi connectivity index (χ0v) is 12.0. The van der Waals surface area contributed by atoms with E-state index in [1.807, 2.05) is 20.8 Å². The lowest BCUT2D eigenvalue weighted by molar-refractivity contribution is 0.390. The highest BCUT2D eigenvalue weighted by Gasteiger charge is 2.28. The number of nitrogens with two attached hydrogens (primary N) is 1. The minimum Gasteiger partial charge on any atom is -0.330 e. The first kappa shape index (κ1) is 14.9. The molecule has 2 atom stereocenters. The zero-order valence-electron chi connectivity index (χ0n) is 11.2. The summed E-state index contributed by atoms with van der Waals surface area (Å²) >= 11 is 0. The Hall–Kier alpha value is -0.130. The number of rotatable bonds is 5. The molecule has 3 N–H and O–H groups in total. The predicted octanol–water partition coefficient (Wildman–Crippen LogP) is 1.33. The second kappa shape index (κ2) is 5.67. The summed E-state index contributed by atoms with van der Waals surface area (Å²) in [6.45, 7) is 7.03. The van der Waals surface area contributed by atoms with Crippen LogP contribution < -0.4 is 10.5 Å². The first-order chi connectivity index (χ1) is 7.73. The molecule has 0 aromatic heterocycles. The highest BCUT2D eigenvalue weighted by molar-refractivity contribution is 7.89. The van der Waals surface area contributed by atoms with Gasteiger partial charge < -0.3 is 5.73 Å². The van der Waals surface area contributed by atoms with E-state index in [1.54, 1.807) is 0 Å². The van der Waals surface area contributed by atoms with Gasteiger partial charge in [-0.15, -0.1) is 0 Å². The normalized spacial score (nSPS) is 26.4. The summed E-state index contributed by atoms with van der Waals surface area (Å²) in [6, 6.07) is 0. The smallest absolute Gasteiger partial charge is 0.212 e. The minimum atomic E-state index is -3.15. The van der Waals surface area contributed by atoms with Crippen LogP contribution in [0.1, 0.15) is 40.0 Å². The Morgan fingerprint density at radius 1 is 1.24 bits per heavy atom. The van der Waals surface area contributed by atoms with Gasteiger partial charge in [0.05, 0.1) is 5.75 Å². The summed E-state index contributed by atoms with van der Waals surface area (Å²) in [5.74, 6) is 1.10. The van der Waals surface area contributed by atoms with Gasteiger partial charge in [0.2, 0.25) is 10.0 Å². The lowest BCUT2D eigenvalue weighted by atomic mass is 9.97. The fourth-order valence-electron chi connectivity index (χ4n) is 2.55. The molecular weight excluding hydrogens is 236 g/mol. The summed E-state index contributed by atoms with van der Waals surface area (Å²) < 4.78 is 26.4. The van der Waals surface area contributed by atoms with Gasteiger partial charge in [0.15, 0.2) is 0 Å². The Morgan fingerprint density at radius 2 is 1.82 bits per heavy atom. The number of hydrogen-bond acceptors (Lipinski definition) is 3. The molecule has 102 valence electrons. The third-order valence-electron chi connectivity index (χ3n) is 3.31. The van der Waals surface area contributed by atoms with E-state index in [0.29, 0.717) is 24.9 Å². The van der Waals surface area contributed by atoms with Crippen LogP contribution >= 0.6 is 0 Å². The van der Waals surface area contributed by atoms with Gasteiger partial charge in [-0.25, -0.2) is 13.1 Å². The van der Waals surface area contributed by atoms with Crippen molar-refractivity contribution >= 4 is 10.0 Å². The van der Waals surface area contributed by atoms with Crippen LogP contribution in [0.3, 0.4) is 0 Å². The van der Waals surface area contributed by atoms with Crippen molar-refractivity contribution in [1.82, 2.24) is 4.72 Å². The van der Waals surface area contributed by atoms with Gasteiger partial charge in [-0.2, -0.15) is 0 Å². The molecule has 0 amide bonds. The minimum absolute atomic E-state index is 0.181. The maximum absolute atomic E-state index is 11.9. The first-order valence-corrected chi connectivity index (χ1v) is 8.06. The molecule has 5 heteroatoms. The molecule has 0 aliphatic heterocycles. The fraction of sp³-hybridized carbons (Fsp3) is 1.00. The average molecular weight is 262 g/mol. The van der Waals surface area contributed by atoms with E-state index in [2.05, 4.69) is 4.72 Å². The van der Waals surface area contributed by atoms with Crippen molar-refractivity contribution in [3.63, 3.8) is 0 Å². The molecule has 0 aromatic rings. The summed E-state index contributed by atoms with van der Waals surface area (Å²) in [4.78, 5) is 0. The van der Waals surface area contributed by atoms with Crippen molar-refractivity contribution in [1.29, 1.82) is 0 Å². The highest BCUT2D eigenvalue weighted by atomic mass is 32.2. The van der Waals surface area contributed by atoms with Gasteiger partial charge in [0.25, 0.3) is 0 Å². The summed E-state index contributed by atoms with van der Waals surface area (Å²) in [6.07, 6.45) is 3.41. The molecule has 1 aliphatic carbocycles. The number of nitrogens with one attached hydrogen (secondary N) is 1. The molecule has 2 unspecified atom stereocenters. The molecule has 1 fully saturated rings. The van der Waals surface area contributed by atoms with Gasteiger partial charge in [0.1, 0.15) is 0 Å². The second-order valence-electron chi connectivity index (χ2n) is 6.35. The number of sulfonamides is 1. The van der Waals surface area contributed by atoms with Crippen LogP contribution in [0, 0.1) is 17.3 Å². The van der Waals surface area contributed by atoms with Crippen LogP contribution in [0.4, 0.5) is 0 Å². The van der Waals surface area contributed by atoms with E-state index in [0.717, 1.165) is 12.8 Å². The van der Waals surface area contributed by atoms with Crippen LogP contribution in [0.2, 0.25) is 0 Å². The van der Waals surface area contributed by atoms with Gasteiger partial charge >= 0.3 is 0 Å². The second-order valence-corrected chi connectivity index (χ2v) is 8.16. The van der Waals surface area contributed by atoms with Crippen molar-refractivity contribution in [2.75, 3.05) is 18.8 Å². The van der Waals surface area contributed by atoms with Crippen LogP contribution in [-0.4, -0.2) is 27.3 Å². The van der Waals surface area contributed by atoms with E-state index in [9.17, 15) is 8.42 Å². The molecule has 0 heterocycles. The van der Waals surface area contributed by atoms with Crippen LogP contribution in [-0.2, 0) is 10.0 Å². The van der Waals surface area contributed by atoms with Crippen molar-refractivity contribution in [3.05, 3.63) is 0 Å². The van der Waals surface area contributed by atoms with Crippen molar-refractivity contribution < 1.29 is 8.42 Å². The summed E-state index contributed by atoms with van der Waals surface area (Å²) in [5.41, 5.74) is 5.49. The predicted molar refractivity (Wildman–Crippen MR) is 71.1 cm³/mol. The maximum atomic E-state index is 11.9. The largest absolute Gasteiger partial charge is 0.330 e. The highest BCUT2D eigenvalue weighted by Crippen LogP contribution is 2.30. The lowest BCUT2D eigenvalue weighted by Gasteiger charge is -2.21. The molecule has 4 nitrogen and oxygen atoms in total. The quantitative estimate of drug-likeness (QED) is 0.785. The monoisotopic (exact) mass is 262 g/mol. The third kappa shape index (κ3) is 5.36. The molecular formula is C12H26N2O2S. The molecule has 0 saturated heterocycles. The van der Waals surface area contributed by atoms with Crippen molar-refractivity contribution in [2.24, 2.45) is 23.0 Å². The molecule has 1 rings (SSSR count). The molecule has 0 spiro atoms. The standard InChI is InChI=1S/C12H26N2O2S/c1-12(2,3)9-17(15,16)14-8-11-6-4-5-10(11)7-13/h10-11,14H,4-9,13H2,1-3H3. The molecule has 0 radical (unpaired) electrons. The molecule has 0 aromatic carbocycles. The van der Waals surface area contributed by atoms with E-state index in [1.165, 1.54) is 6.42 Å². The Morgan fingerprint density at radius 3 is 2.35 bits per heavy atom. The van der Waals surface area contributed by atoms with Gasteiger partial charge in [-0.3, -0.25) is 0 Å². The summed E-state index contributed by atoms with van der Waals surface area (Å²) in [7, 11) is -3.15. The third-order valence-corrected chi connectivity index (χ3v) is 5.16.